The number of furan rings is 2. The van der Waals surface area contributed by atoms with Gasteiger partial charge in [0.1, 0.15) is 34.3 Å². The highest BCUT2D eigenvalue weighted by Crippen LogP contribution is 2.42. The number of aliphatic imine (C=N–C) groups is 2. The molecule has 0 saturated heterocycles. The molecule has 0 amide bonds. The Labute approximate surface area is 326 Å². The lowest BCUT2D eigenvalue weighted by Gasteiger charge is -2.23. The topological polar surface area (TPSA) is 68.0 Å². The van der Waals surface area contributed by atoms with Crippen molar-refractivity contribution >= 4 is 77.4 Å². The first kappa shape index (κ1) is 31.6. The first-order valence-corrected chi connectivity index (χ1v) is 19.2. The Hall–Kier alpha value is -7.70. The predicted molar refractivity (Wildman–Crippen MR) is 233 cm³/mol. The molecule has 8 aromatic carbocycles. The van der Waals surface area contributed by atoms with Crippen LogP contribution >= 0.6 is 0 Å². The van der Waals surface area contributed by atoms with Crippen molar-refractivity contribution in [3.05, 3.63) is 199 Å². The summed E-state index contributed by atoms with van der Waals surface area (Å²) in [6.45, 7) is 0. The number of aromatic nitrogens is 1. The standard InChI is InChI=1S/C51H32N4O2/c1-3-11-31(12-4-1)49-52-50(32-13-5-2-6-14-32)54-51(53-49)33-19-23-36(24-20-33)55-42-17-9-7-15-37(42)39-25-28-46-47(48(39)55)41-30-35(22-27-45(41)57-46)34-21-26-44-40(29-34)38-16-8-10-18-43(38)56-44/h1-30,49H,(H,52,53,54). The lowest BCUT2D eigenvalue weighted by molar-refractivity contribution is 0.668. The Balaban J connectivity index is 1.02. The van der Waals surface area contributed by atoms with E-state index in [-0.39, 0.29) is 6.17 Å². The van der Waals surface area contributed by atoms with Crippen LogP contribution in [0.5, 0.6) is 0 Å². The lowest BCUT2D eigenvalue weighted by Crippen LogP contribution is -2.33. The van der Waals surface area contributed by atoms with Gasteiger partial charge in [0.15, 0.2) is 5.84 Å². The molecule has 0 radical (unpaired) electrons. The Bertz CT molecular complexity index is 3430. The maximum atomic E-state index is 6.58. The number of hydrogen-bond acceptors (Lipinski definition) is 5. The van der Waals surface area contributed by atoms with E-state index in [1.54, 1.807) is 0 Å². The highest BCUT2D eigenvalue weighted by Gasteiger charge is 2.23. The summed E-state index contributed by atoms with van der Waals surface area (Å²) >= 11 is 0. The summed E-state index contributed by atoms with van der Waals surface area (Å²) < 4.78 is 15.1. The molecule has 1 N–H and O–H groups in total. The Kier molecular flexibility index (Phi) is 6.89. The Morgan fingerprint density at radius 3 is 1.88 bits per heavy atom. The molecule has 1 aliphatic heterocycles. The quantitative estimate of drug-likeness (QED) is 0.192. The minimum absolute atomic E-state index is 0.264. The van der Waals surface area contributed by atoms with Gasteiger partial charge in [0.2, 0.25) is 0 Å². The average molecular weight is 733 g/mol. The van der Waals surface area contributed by atoms with Gasteiger partial charge in [0.05, 0.1) is 16.4 Å². The maximum absolute atomic E-state index is 6.58. The minimum Gasteiger partial charge on any atom is -0.456 e. The van der Waals surface area contributed by atoms with E-state index in [1.165, 1.54) is 10.8 Å². The first-order valence-electron chi connectivity index (χ1n) is 19.2. The van der Waals surface area contributed by atoms with Gasteiger partial charge >= 0.3 is 0 Å². The van der Waals surface area contributed by atoms with E-state index >= 15 is 0 Å². The van der Waals surface area contributed by atoms with E-state index in [9.17, 15) is 0 Å². The van der Waals surface area contributed by atoms with Gasteiger partial charge in [-0.05, 0) is 89.5 Å². The zero-order chi connectivity index (χ0) is 37.5. The second-order valence-corrected chi connectivity index (χ2v) is 14.6. The molecule has 0 bridgehead atoms. The second-order valence-electron chi connectivity index (χ2n) is 14.6. The number of benzene rings is 8. The highest BCUT2D eigenvalue weighted by molar-refractivity contribution is 6.25. The molecule has 1 unspecified atom stereocenters. The van der Waals surface area contributed by atoms with Gasteiger partial charge in [-0.1, -0.05) is 109 Å². The molecule has 11 aromatic rings. The summed E-state index contributed by atoms with van der Waals surface area (Å²) in [5.41, 5.74) is 12.1. The van der Waals surface area contributed by atoms with E-state index in [4.69, 9.17) is 18.8 Å². The van der Waals surface area contributed by atoms with E-state index < -0.39 is 0 Å². The fourth-order valence-electron chi connectivity index (χ4n) is 8.56. The molecule has 3 aromatic heterocycles. The average Bonchev–Trinajstić information content (AvgIpc) is 3.96. The summed E-state index contributed by atoms with van der Waals surface area (Å²) in [6.07, 6.45) is -0.264. The van der Waals surface area contributed by atoms with Crippen LogP contribution in [0, 0.1) is 0 Å². The van der Waals surface area contributed by atoms with E-state index in [1.807, 2.05) is 48.5 Å². The van der Waals surface area contributed by atoms with Crippen LogP contribution in [0.15, 0.2) is 201 Å². The summed E-state index contributed by atoms with van der Waals surface area (Å²) in [4.78, 5) is 10.2. The monoisotopic (exact) mass is 732 g/mol. The zero-order valence-electron chi connectivity index (χ0n) is 30.6. The number of nitrogens with zero attached hydrogens (tertiary/aromatic N) is 3. The van der Waals surface area contributed by atoms with Gasteiger partial charge in [-0.15, -0.1) is 0 Å². The van der Waals surface area contributed by atoms with Gasteiger partial charge in [-0.2, -0.15) is 0 Å². The SMILES string of the molecule is c1ccc(C2=NC(c3ccc(-n4c5ccccc5c5ccc6oc7ccc(-c8ccc9oc%10ccccc%10c9c8)cc7c6c54)cc3)=NC(c3ccccc3)N2)cc1. The molecule has 1 aliphatic rings. The zero-order valence-corrected chi connectivity index (χ0v) is 30.6. The number of nitrogens with one attached hydrogen (secondary N) is 1. The predicted octanol–water partition coefficient (Wildman–Crippen LogP) is 12.7. The summed E-state index contributed by atoms with van der Waals surface area (Å²) in [5.74, 6) is 1.49. The van der Waals surface area contributed by atoms with Crippen LogP contribution in [-0.2, 0) is 0 Å². The second kappa shape index (κ2) is 12.4. The maximum Gasteiger partial charge on any atom is 0.159 e. The molecule has 12 rings (SSSR count). The largest absolute Gasteiger partial charge is 0.456 e. The van der Waals surface area contributed by atoms with Crippen LogP contribution in [0.1, 0.15) is 22.9 Å². The molecular weight excluding hydrogens is 701 g/mol. The van der Waals surface area contributed by atoms with Gasteiger partial charge in [-0.25, -0.2) is 9.98 Å². The van der Waals surface area contributed by atoms with Crippen molar-refractivity contribution in [2.45, 2.75) is 6.17 Å². The molecule has 0 spiro atoms. The molecule has 57 heavy (non-hydrogen) atoms. The Morgan fingerprint density at radius 2 is 1.07 bits per heavy atom. The van der Waals surface area contributed by atoms with E-state index in [2.05, 4.69) is 143 Å². The molecule has 0 saturated carbocycles. The molecule has 1 atom stereocenters. The highest BCUT2D eigenvalue weighted by atomic mass is 16.3. The van der Waals surface area contributed by atoms with Crippen molar-refractivity contribution in [2.24, 2.45) is 9.98 Å². The van der Waals surface area contributed by atoms with Crippen molar-refractivity contribution in [3.63, 3.8) is 0 Å². The van der Waals surface area contributed by atoms with Crippen molar-refractivity contribution in [1.82, 2.24) is 9.88 Å². The number of amidine groups is 2. The fraction of sp³-hybridized carbons (Fsp3) is 0.0196. The third-order valence-corrected chi connectivity index (χ3v) is 11.3. The normalized spacial score (nSPS) is 14.5. The van der Waals surface area contributed by atoms with Crippen LogP contribution in [0.3, 0.4) is 0 Å². The number of para-hydroxylation sites is 2. The van der Waals surface area contributed by atoms with Gasteiger partial charge < -0.3 is 18.7 Å². The molecule has 0 fully saturated rings. The van der Waals surface area contributed by atoms with Crippen LogP contribution < -0.4 is 5.32 Å². The van der Waals surface area contributed by atoms with E-state index in [0.717, 1.165) is 94.3 Å². The Morgan fingerprint density at radius 1 is 0.456 bits per heavy atom. The lowest BCUT2D eigenvalue weighted by atomic mass is 10.00. The molecule has 6 nitrogen and oxygen atoms in total. The van der Waals surface area contributed by atoms with Crippen molar-refractivity contribution < 1.29 is 8.83 Å². The molecular formula is C51H32N4O2. The van der Waals surface area contributed by atoms with Crippen LogP contribution in [-0.4, -0.2) is 16.2 Å². The van der Waals surface area contributed by atoms with Crippen LogP contribution in [0.4, 0.5) is 0 Å². The number of hydrogen-bond donors (Lipinski definition) is 1. The molecule has 268 valence electrons. The third kappa shape index (κ3) is 5.04. The smallest absolute Gasteiger partial charge is 0.159 e. The van der Waals surface area contributed by atoms with E-state index in [0.29, 0.717) is 5.84 Å². The summed E-state index contributed by atoms with van der Waals surface area (Å²) in [6, 6.07) is 63.3. The minimum atomic E-state index is -0.264. The van der Waals surface area contributed by atoms with Crippen LogP contribution in [0.2, 0.25) is 0 Å². The number of fused-ring (bicyclic) bond motifs is 10. The fourth-order valence-corrected chi connectivity index (χ4v) is 8.56. The first-order chi connectivity index (χ1) is 28.2. The van der Waals surface area contributed by atoms with Gasteiger partial charge in [0.25, 0.3) is 0 Å². The van der Waals surface area contributed by atoms with Gasteiger partial charge in [-0.3, -0.25) is 0 Å². The molecule has 0 aliphatic carbocycles. The summed E-state index contributed by atoms with van der Waals surface area (Å²) in [5, 5.41) is 10.3. The third-order valence-electron chi connectivity index (χ3n) is 11.3. The van der Waals surface area contributed by atoms with Crippen molar-refractivity contribution in [3.8, 4) is 16.8 Å². The summed E-state index contributed by atoms with van der Waals surface area (Å²) in [7, 11) is 0. The number of rotatable bonds is 5. The van der Waals surface area contributed by atoms with Crippen molar-refractivity contribution in [1.29, 1.82) is 0 Å². The molecule has 4 heterocycles. The van der Waals surface area contributed by atoms with Crippen molar-refractivity contribution in [2.75, 3.05) is 0 Å². The van der Waals surface area contributed by atoms with Gasteiger partial charge in [0, 0.05) is 43.7 Å². The van der Waals surface area contributed by atoms with Crippen LogP contribution in [0.25, 0.3) is 82.5 Å². The molecule has 6 heteroatoms.